The molecule has 0 unspecified atom stereocenters. The molecule has 0 saturated heterocycles. The van der Waals surface area contributed by atoms with E-state index in [0.29, 0.717) is 5.11 Å². The Labute approximate surface area is 143 Å². The molecule has 0 heterocycles. The van der Waals surface area contributed by atoms with E-state index < -0.39 is 0 Å². The average molecular weight is 326 g/mol. The van der Waals surface area contributed by atoms with Crippen LogP contribution in [-0.4, -0.2) is 25.4 Å². The lowest BCUT2D eigenvalue weighted by molar-refractivity contribution is 1.05. The smallest absolute Gasteiger partial charge is 0.191 e. The summed E-state index contributed by atoms with van der Waals surface area (Å²) in [7, 11) is 4.03. The zero-order valence-corrected chi connectivity index (χ0v) is 14.7. The SMILES string of the molecule is Cc1ccc(NC(=S)NN=Cc2ccc(N(C)C)cc2)c(C)c1. The highest BCUT2D eigenvalue weighted by Crippen LogP contribution is 2.15. The van der Waals surface area contributed by atoms with Gasteiger partial charge in [-0.25, -0.2) is 0 Å². The third kappa shape index (κ3) is 5.07. The van der Waals surface area contributed by atoms with Crippen LogP contribution in [0.25, 0.3) is 0 Å². The minimum Gasteiger partial charge on any atom is -0.378 e. The lowest BCUT2D eigenvalue weighted by Gasteiger charge is -2.12. The molecule has 2 rings (SSSR count). The summed E-state index contributed by atoms with van der Waals surface area (Å²) in [6.45, 7) is 4.12. The van der Waals surface area contributed by atoms with Crippen LogP contribution >= 0.6 is 12.2 Å². The first-order valence-electron chi connectivity index (χ1n) is 7.40. The van der Waals surface area contributed by atoms with Gasteiger partial charge in [0.1, 0.15) is 0 Å². The van der Waals surface area contributed by atoms with Gasteiger partial charge in [0, 0.05) is 25.5 Å². The number of rotatable bonds is 4. The Hall–Kier alpha value is -2.40. The maximum absolute atomic E-state index is 5.26. The van der Waals surface area contributed by atoms with Gasteiger partial charge in [0.05, 0.1) is 6.21 Å². The second-order valence-electron chi connectivity index (χ2n) is 5.63. The molecule has 2 aromatic rings. The zero-order chi connectivity index (χ0) is 16.8. The molecule has 0 amide bonds. The van der Waals surface area contributed by atoms with Crippen LogP contribution in [0.15, 0.2) is 47.6 Å². The molecule has 0 fully saturated rings. The van der Waals surface area contributed by atoms with E-state index >= 15 is 0 Å². The highest BCUT2D eigenvalue weighted by atomic mass is 32.1. The number of benzene rings is 2. The fraction of sp³-hybridized carbons (Fsp3) is 0.222. The minimum absolute atomic E-state index is 0.470. The van der Waals surface area contributed by atoms with Crippen molar-refractivity contribution >= 4 is 34.9 Å². The van der Waals surface area contributed by atoms with Crippen molar-refractivity contribution in [3.05, 3.63) is 59.2 Å². The van der Waals surface area contributed by atoms with E-state index in [0.717, 1.165) is 22.5 Å². The van der Waals surface area contributed by atoms with E-state index in [9.17, 15) is 0 Å². The standard InChI is InChI=1S/C18H22N4S/c1-13-5-10-17(14(2)11-13)20-18(23)21-19-12-15-6-8-16(9-7-15)22(3)4/h5-12H,1-4H3,(H2,20,21,23). The fourth-order valence-corrected chi connectivity index (χ4v) is 2.29. The van der Waals surface area contributed by atoms with Crippen molar-refractivity contribution in [3.63, 3.8) is 0 Å². The van der Waals surface area contributed by atoms with Gasteiger partial charge < -0.3 is 10.2 Å². The van der Waals surface area contributed by atoms with Crippen molar-refractivity contribution in [3.8, 4) is 0 Å². The van der Waals surface area contributed by atoms with Crippen LogP contribution < -0.4 is 15.6 Å². The second kappa shape index (κ2) is 7.74. The number of hydrogen-bond acceptors (Lipinski definition) is 3. The summed E-state index contributed by atoms with van der Waals surface area (Å²) >= 11 is 5.26. The Kier molecular flexibility index (Phi) is 5.71. The molecule has 2 aromatic carbocycles. The molecule has 0 aromatic heterocycles. The number of nitrogens with zero attached hydrogens (tertiary/aromatic N) is 2. The fourth-order valence-electron chi connectivity index (χ4n) is 2.13. The van der Waals surface area contributed by atoms with Gasteiger partial charge in [-0.05, 0) is 55.4 Å². The van der Waals surface area contributed by atoms with Gasteiger partial charge in [-0.3, -0.25) is 5.43 Å². The summed E-state index contributed by atoms with van der Waals surface area (Å²) in [5.74, 6) is 0. The molecule has 120 valence electrons. The third-order valence-electron chi connectivity index (χ3n) is 3.42. The third-order valence-corrected chi connectivity index (χ3v) is 3.61. The second-order valence-corrected chi connectivity index (χ2v) is 6.04. The first-order valence-corrected chi connectivity index (χ1v) is 7.81. The molecule has 0 spiro atoms. The van der Waals surface area contributed by atoms with Crippen LogP contribution in [0.2, 0.25) is 0 Å². The summed E-state index contributed by atoms with van der Waals surface area (Å²) < 4.78 is 0. The number of aryl methyl sites for hydroxylation is 2. The van der Waals surface area contributed by atoms with Gasteiger partial charge in [0.25, 0.3) is 0 Å². The van der Waals surface area contributed by atoms with Crippen molar-refractivity contribution in [1.29, 1.82) is 0 Å². The Balaban J connectivity index is 1.90. The lowest BCUT2D eigenvalue weighted by atomic mass is 10.1. The summed E-state index contributed by atoms with van der Waals surface area (Å²) in [5.41, 5.74) is 8.37. The Bertz CT molecular complexity index is 705. The molecule has 0 saturated carbocycles. The molecular weight excluding hydrogens is 304 g/mol. The van der Waals surface area contributed by atoms with Crippen molar-refractivity contribution in [2.75, 3.05) is 24.3 Å². The number of nitrogens with one attached hydrogen (secondary N) is 2. The molecule has 0 aliphatic carbocycles. The van der Waals surface area contributed by atoms with Crippen LogP contribution in [-0.2, 0) is 0 Å². The summed E-state index contributed by atoms with van der Waals surface area (Å²) in [4.78, 5) is 2.06. The van der Waals surface area contributed by atoms with E-state index in [1.807, 2.05) is 57.4 Å². The molecule has 0 aliphatic rings. The van der Waals surface area contributed by atoms with Crippen molar-refractivity contribution < 1.29 is 0 Å². The van der Waals surface area contributed by atoms with Crippen LogP contribution in [0.5, 0.6) is 0 Å². The molecule has 2 N–H and O–H groups in total. The number of hydrazone groups is 1. The predicted molar refractivity (Wildman–Crippen MR) is 104 cm³/mol. The van der Waals surface area contributed by atoms with E-state index in [1.165, 1.54) is 5.56 Å². The van der Waals surface area contributed by atoms with Gasteiger partial charge >= 0.3 is 0 Å². The summed E-state index contributed by atoms with van der Waals surface area (Å²) in [5, 5.41) is 7.79. The minimum atomic E-state index is 0.470. The molecule has 4 nitrogen and oxygen atoms in total. The van der Waals surface area contributed by atoms with Crippen molar-refractivity contribution in [2.45, 2.75) is 13.8 Å². The van der Waals surface area contributed by atoms with Gasteiger partial charge in [0.15, 0.2) is 5.11 Å². The quantitative estimate of drug-likeness (QED) is 0.511. The monoisotopic (exact) mass is 326 g/mol. The predicted octanol–water partition coefficient (Wildman–Crippen LogP) is 3.69. The number of thiocarbonyl (C=S) groups is 1. The summed E-state index contributed by atoms with van der Waals surface area (Å²) in [6.07, 6.45) is 1.75. The molecule has 23 heavy (non-hydrogen) atoms. The van der Waals surface area contributed by atoms with Gasteiger partial charge in [0.2, 0.25) is 0 Å². The van der Waals surface area contributed by atoms with Crippen molar-refractivity contribution in [1.82, 2.24) is 5.43 Å². The maximum Gasteiger partial charge on any atom is 0.191 e. The Morgan fingerprint density at radius 2 is 1.78 bits per heavy atom. The molecule has 5 heteroatoms. The Morgan fingerprint density at radius 3 is 2.39 bits per heavy atom. The van der Waals surface area contributed by atoms with E-state index in [4.69, 9.17) is 12.2 Å². The highest BCUT2D eigenvalue weighted by molar-refractivity contribution is 7.80. The highest BCUT2D eigenvalue weighted by Gasteiger charge is 2.00. The van der Waals surface area contributed by atoms with Gasteiger partial charge in [-0.1, -0.05) is 29.8 Å². The first kappa shape index (κ1) is 17.0. The first-order chi connectivity index (χ1) is 11.0. The molecule has 0 bridgehead atoms. The molecule has 0 atom stereocenters. The van der Waals surface area contributed by atoms with Crippen LogP contribution in [0.4, 0.5) is 11.4 Å². The summed E-state index contributed by atoms with van der Waals surface area (Å²) in [6, 6.07) is 14.3. The van der Waals surface area contributed by atoms with Crippen LogP contribution in [0, 0.1) is 13.8 Å². The van der Waals surface area contributed by atoms with Crippen LogP contribution in [0.1, 0.15) is 16.7 Å². The number of hydrogen-bond donors (Lipinski definition) is 2. The number of anilines is 2. The van der Waals surface area contributed by atoms with E-state index in [2.05, 4.69) is 33.7 Å². The normalized spacial score (nSPS) is 10.6. The lowest BCUT2D eigenvalue weighted by Crippen LogP contribution is -2.24. The van der Waals surface area contributed by atoms with Crippen molar-refractivity contribution in [2.24, 2.45) is 5.10 Å². The van der Waals surface area contributed by atoms with Gasteiger partial charge in [-0.15, -0.1) is 0 Å². The van der Waals surface area contributed by atoms with Crippen LogP contribution in [0.3, 0.4) is 0 Å². The van der Waals surface area contributed by atoms with E-state index in [-0.39, 0.29) is 0 Å². The van der Waals surface area contributed by atoms with Gasteiger partial charge in [-0.2, -0.15) is 5.10 Å². The molecule has 0 radical (unpaired) electrons. The average Bonchev–Trinajstić information content (AvgIpc) is 2.50. The largest absolute Gasteiger partial charge is 0.378 e. The zero-order valence-electron chi connectivity index (χ0n) is 13.9. The van der Waals surface area contributed by atoms with E-state index in [1.54, 1.807) is 6.21 Å². The molecule has 0 aliphatic heterocycles. The molecular formula is C18H22N4S. The Morgan fingerprint density at radius 1 is 1.09 bits per heavy atom. The maximum atomic E-state index is 5.26. The topological polar surface area (TPSA) is 39.7 Å².